The Kier molecular flexibility index (Phi) is 6.79. The van der Waals surface area contributed by atoms with E-state index in [4.69, 9.17) is 9.47 Å². The van der Waals surface area contributed by atoms with Crippen LogP contribution in [0.15, 0.2) is 102 Å². The third-order valence-electron chi connectivity index (χ3n) is 6.87. The van der Waals surface area contributed by atoms with Gasteiger partial charge in [-0.25, -0.2) is 0 Å². The lowest BCUT2D eigenvalue weighted by Gasteiger charge is -2.26. The number of rotatable bonds is 6. The minimum Gasteiger partial charge on any atom is -0.461 e. The molecule has 0 amide bonds. The van der Waals surface area contributed by atoms with Crippen LogP contribution in [0.5, 0.6) is 17.2 Å². The van der Waals surface area contributed by atoms with Gasteiger partial charge in [-0.15, -0.1) is 0 Å². The molecular weight excluding hydrogens is 416 g/mol. The topological polar surface area (TPSA) is 18.5 Å². The summed E-state index contributed by atoms with van der Waals surface area (Å²) in [5, 5.41) is 0. The molecule has 0 saturated carbocycles. The molecule has 0 radical (unpaired) electrons. The Bertz CT molecular complexity index is 1250. The number of benzene rings is 3. The second-order valence-corrected chi connectivity index (χ2v) is 9.70. The Morgan fingerprint density at radius 3 is 1.74 bits per heavy atom. The van der Waals surface area contributed by atoms with Crippen molar-refractivity contribution in [1.29, 1.82) is 0 Å². The molecule has 1 aliphatic rings. The van der Waals surface area contributed by atoms with Gasteiger partial charge in [-0.05, 0) is 98.0 Å². The van der Waals surface area contributed by atoms with Crippen molar-refractivity contribution in [2.75, 3.05) is 0 Å². The van der Waals surface area contributed by atoms with Crippen molar-refractivity contribution in [2.45, 2.75) is 53.4 Å². The number of allylic oxidation sites excluding steroid dienone is 5. The van der Waals surface area contributed by atoms with E-state index in [9.17, 15) is 0 Å². The van der Waals surface area contributed by atoms with Crippen molar-refractivity contribution in [3.63, 3.8) is 0 Å². The van der Waals surface area contributed by atoms with E-state index in [0.717, 1.165) is 29.4 Å². The van der Waals surface area contributed by atoms with Crippen LogP contribution in [0.1, 0.15) is 56.4 Å². The number of hydrogen-bond acceptors (Lipinski definition) is 2. The van der Waals surface area contributed by atoms with Crippen LogP contribution >= 0.6 is 0 Å². The van der Waals surface area contributed by atoms with Crippen LogP contribution in [0.4, 0.5) is 0 Å². The quantitative estimate of drug-likeness (QED) is 0.373. The fraction of sp³-hybridized carbons (Fsp3) is 0.250. The molecule has 2 heteroatoms. The minimum absolute atomic E-state index is 0.140. The van der Waals surface area contributed by atoms with Gasteiger partial charge in [-0.2, -0.15) is 0 Å². The van der Waals surface area contributed by atoms with E-state index in [0.29, 0.717) is 0 Å². The SMILES string of the molecule is CC1=CC=C(Oc2ccc(C(C)(C)c3ccc(Oc4ccc(C)c(C)c4)cc3)cc2)CC=C1C. The second-order valence-electron chi connectivity index (χ2n) is 9.70. The highest BCUT2D eigenvalue weighted by molar-refractivity contribution is 5.44. The summed E-state index contributed by atoms with van der Waals surface area (Å²) in [4.78, 5) is 0. The summed E-state index contributed by atoms with van der Waals surface area (Å²) in [6.07, 6.45) is 7.22. The number of hydrogen-bond donors (Lipinski definition) is 0. The van der Waals surface area contributed by atoms with Crippen LogP contribution in [0.3, 0.4) is 0 Å². The first-order valence-corrected chi connectivity index (χ1v) is 11.9. The fourth-order valence-electron chi connectivity index (χ4n) is 4.02. The summed E-state index contributed by atoms with van der Waals surface area (Å²) >= 11 is 0. The van der Waals surface area contributed by atoms with Crippen molar-refractivity contribution in [3.05, 3.63) is 124 Å². The summed E-state index contributed by atoms with van der Waals surface area (Å²) in [5.74, 6) is 3.53. The standard InChI is InChI=1S/C32H34O2/c1-22-7-14-28(15-8-23(22)2)33-29-17-10-26(11-18-29)32(5,6)27-12-19-30(20-13-27)34-31-16-9-24(3)25(4)21-31/h7-14,16-21H,15H2,1-6H3. The van der Waals surface area contributed by atoms with Gasteiger partial charge in [-0.1, -0.05) is 61.9 Å². The lowest BCUT2D eigenvalue weighted by Crippen LogP contribution is -2.18. The first-order chi connectivity index (χ1) is 16.2. The molecule has 0 unspecified atom stereocenters. The van der Waals surface area contributed by atoms with E-state index in [1.165, 1.54) is 33.4 Å². The lowest BCUT2D eigenvalue weighted by molar-refractivity contribution is 0.415. The predicted molar refractivity (Wildman–Crippen MR) is 142 cm³/mol. The molecule has 0 saturated heterocycles. The van der Waals surface area contributed by atoms with Crippen LogP contribution in [0.2, 0.25) is 0 Å². The van der Waals surface area contributed by atoms with E-state index in [1.54, 1.807) is 0 Å². The zero-order valence-corrected chi connectivity index (χ0v) is 21.1. The van der Waals surface area contributed by atoms with Gasteiger partial charge in [0, 0.05) is 11.8 Å². The zero-order valence-electron chi connectivity index (χ0n) is 21.1. The van der Waals surface area contributed by atoms with Gasteiger partial charge in [0.05, 0.1) is 0 Å². The molecule has 2 nitrogen and oxygen atoms in total. The van der Waals surface area contributed by atoms with Crippen molar-refractivity contribution in [2.24, 2.45) is 0 Å². The molecular formula is C32H34O2. The molecule has 0 fully saturated rings. The lowest BCUT2D eigenvalue weighted by atomic mass is 9.78. The molecule has 34 heavy (non-hydrogen) atoms. The summed E-state index contributed by atoms with van der Waals surface area (Å²) in [7, 11) is 0. The molecule has 0 aromatic heterocycles. The van der Waals surface area contributed by atoms with E-state index in [-0.39, 0.29) is 5.41 Å². The van der Waals surface area contributed by atoms with Crippen molar-refractivity contribution >= 4 is 0 Å². The monoisotopic (exact) mass is 450 g/mol. The summed E-state index contributed by atoms with van der Waals surface area (Å²) in [5.41, 5.74) is 7.42. The average molecular weight is 451 g/mol. The van der Waals surface area contributed by atoms with E-state index >= 15 is 0 Å². The Morgan fingerprint density at radius 2 is 1.15 bits per heavy atom. The predicted octanol–water partition coefficient (Wildman–Crippen LogP) is 8.98. The fourth-order valence-corrected chi connectivity index (χ4v) is 4.02. The second kappa shape index (κ2) is 9.77. The van der Waals surface area contributed by atoms with Gasteiger partial charge in [-0.3, -0.25) is 0 Å². The summed E-state index contributed by atoms with van der Waals surface area (Å²) in [6.45, 7) is 13.0. The Labute approximate surface area is 204 Å². The maximum atomic E-state index is 6.15. The Hall–Kier alpha value is -3.52. The Balaban J connectivity index is 1.45. The molecule has 0 spiro atoms. The first kappa shape index (κ1) is 23.6. The molecule has 3 aromatic rings. The smallest absolute Gasteiger partial charge is 0.127 e. The summed E-state index contributed by atoms with van der Waals surface area (Å²) < 4.78 is 12.2. The van der Waals surface area contributed by atoms with Crippen LogP contribution in [-0.2, 0) is 5.41 Å². The van der Waals surface area contributed by atoms with Crippen LogP contribution in [-0.4, -0.2) is 0 Å². The van der Waals surface area contributed by atoms with Gasteiger partial charge in [0.15, 0.2) is 0 Å². The van der Waals surface area contributed by atoms with E-state index < -0.39 is 0 Å². The van der Waals surface area contributed by atoms with Gasteiger partial charge in [0.25, 0.3) is 0 Å². The average Bonchev–Trinajstić information content (AvgIpc) is 2.98. The molecule has 3 aromatic carbocycles. The van der Waals surface area contributed by atoms with E-state index in [2.05, 4.69) is 108 Å². The maximum Gasteiger partial charge on any atom is 0.127 e. The molecule has 0 N–H and O–H groups in total. The largest absolute Gasteiger partial charge is 0.461 e. The van der Waals surface area contributed by atoms with Crippen molar-refractivity contribution in [3.8, 4) is 17.2 Å². The number of aryl methyl sites for hydroxylation is 2. The van der Waals surface area contributed by atoms with Crippen LogP contribution < -0.4 is 9.47 Å². The van der Waals surface area contributed by atoms with Crippen molar-refractivity contribution < 1.29 is 9.47 Å². The third kappa shape index (κ3) is 5.34. The van der Waals surface area contributed by atoms with Crippen LogP contribution in [0, 0.1) is 13.8 Å². The molecule has 0 heterocycles. The number of ether oxygens (including phenoxy) is 2. The summed E-state index contributed by atoms with van der Waals surface area (Å²) in [6, 6.07) is 23.0. The van der Waals surface area contributed by atoms with E-state index in [1.807, 2.05) is 18.2 Å². The normalized spacial score (nSPS) is 14.0. The molecule has 0 bridgehead atoms. The highest BCUT2D eigenvalue weighted by Gasteiger charge is 2.23. The highest BCUT2D eigenvalue weighted by atomic mass is 16.5. The molecule has 0 aliphatic heterocycles. The van der Waals surface area contributed by atoms with Gasteiger partial charge < -0.3 is 9.47 Å². The highest BCUT2D eigenvalue weighted by Crippen LogP contribution is 2.34. The van der Waals surface area contributed by atoms with Crippen molar-refractivity contribution in [1.82, 2.24) is 0 Å². The molecule has 174 valence electrons. The maximum absolute atomic E-state index is 6.15. The van der Waals surface area contributed by atoms with Gasteiger partial charge >= 0.3 is 0 Å². The minimum atomic E-state index is -0.140. The molecule has 1 aliphatic carbocycles. The first-order valence-electron chi connectivity index (χ1n) is 11.9. The van der Waals surface area contributed by atoms with Crippen LogP contribution in [0.25, 0.3) is 0 Å². The molecule has 0 atom stereocenters. The Morgan fingerprint density at radius 1 is 0.588 bits per heavy atom. The zero-order chi connectivity index (χ0) is 24.3. The molecule has 4 rings (SSSR count). The van der Waals surface area contributed by atoms with Gasteiger partial charge in [0.2, 0.25) is 0 Å². The third-order valence-corrected chi connectivity index (χ3v) is 6.87. The van der Waals surface area contributed by atoms with Gasteiger partial charge in [0.1, 0.15) is 23.0 Å².